The van der Waals surface area contributed by atoms with E-state index >= 15 is 0 Å². The van der Waals surface area contributed by atoms with Gasteiger partial charge in [0.05, 0.1) is 30.0 Å². The molecule has 4 nitrogen and oxygen atoms in total. The Hall–Kier alpha value is -0.360. The number of hydrogen-bond donors (Lipinski definition) is 1. The molecule has 0 aromatic carbocycles. The summed E-state index contributed by atoms with van der Waals surface area (Å²) in [4.78, 5) is 0. The number of rotatable bonds is 3. The molecule has 78 valence electrons. The molecule has 0 aliphatic carbocycles. The van der Waals surface area contributed by atoms with E-state index < -0.39 is 0 Å². The van der Waals surface area contributed by atoms with Crippen LogP contribution in [-0.4, -0.2) is 19.5 Å². The maximum atomic E-state index is 5.94. The fourth-order valence-electron chi connectivity index (χ4n) is 1.43. The van der Waals surface area contributed by atoms with Gasteiger partial charge in [-0.25, -0.2) is 0 Å². The molecule has 0 amide bonds. The third-order valence-electron chi connectivity index (χ3n) is 2.12. The minimum atomic E-state index is -0.193. The van der Waals surface area contributed by atoms with Gasteiger partial charge in [0.15, 0.2) is 6.29 Å². The molecule has 2 N–H and O–H groups in total. The van der Waals surface area contributed by atoms with Gasteiger partial charge < -0.3 is 19.6 Å². The van der Waals surface area contributed by atoms with Crippen molar-refractivity contribution in [2.75, 3.05) is 13.2 Å². The predicted octanol–water partition coefficient (Wildman–Crippen LogP) is 1.80. The largest absolute Gasteiger partial charge is 0.466 e. The van der Waals surface area contributed by atoms with E-state index in [9.17, 15) is 0 Å². The van der Waals surface area contributed by atoms with Crippen LogP contribution in [0.15, 0.2) is 21.2 Å². The molecule has 14 heavy (non-hydrogen) atoms. The Morgan fingerprint density at radius 3 is 2.79 bits per heavy atom. The van der Waals surface area contributed by atoms with Gasteiger partial charge in [-0.3, -0.25) is 0 Å². The van der Waals surface area contributed by atoms with Crippen molar-refractivity contribution in [2.45, 2.75) is 18.8 Å². The first kappa shape index (κ1) is 10.2. The first-order valence-corrected chi connectivity index (χ1v) is 5.28. The first-order valence-electron chi connectivity index (χ1n) is 4.49. The summed E-state index contributed by atoms with van der Waals surface area (Å²) in [5.74, 6) is 0.740. The quantitative estimate of drug-likeness (QED) is 0.902. The summed E-state index contributed by atoms with van der Waals surface area (Å²) in [6.07, 6.45) is 2.03. The van der Waals surface area contributed by atoms with Gasteiger partial charge in [0, 0.05) is 6.42 Å². The van der Waals surface area contributed by atoms with E-state index in [0.717, 1.165) is 10.2 Å². The lowest BCUT2D eigenvalue weighted by Gasteiger charge is -2.13. The lowest BCUT2D eigenvalue weighted by Crippen LogP contribution is -2.19. The summed E-state index contributed by atoms with van der Waals surface area (Å²) < 4.78 is 16.7. The molecule has 0 saturated carbocycles. The van der Waals surface area contributed by atoms with Crippen LogP contribution in [0.3, 0.4) is 0 Å². The highest BCUT2D eigenvalue weighted by Crippen LogP contribution is 2.27. The Balaban J connectivity index is 1.95. The zero-order chi connectivity index (χ0) is 9.97. The van der Waals surface area contributed by atoms with Crippen molar-refractivity contribution in [1.82, 2.24) is 0 Å². The van der Waals surface area contributed by atoms with Gasteiger partial charge in [0.2, 0.25) is 0 Å². The molecule has 2 rings (SSSR count). The second-order valence-corrected chi connectivity index (χ2v) is 4.00. The highest BCUT2D eigenvalue weighted by atomic mass is 79.9. The summed E-state index contributed by atoms with van der Waals surface area (Å²) in [5.41, 5.74) is 5.94. The molecule has 0 radical (unpaired) electrons. The van der Waals surface area contributed by atoms with Gasteiger partial charge in [0.1, 0.15) is 5.76 Å². The first-order chi connectivity index (χ1) is 6.77. The SMILES string of the molecule is NC(CC1OCCO1)c1occc1Br. The van der Waals surface area contributed by atoms with Crippen LogP contribution < -0.4 is 5.73 Å². The molecular weight excluding hydrogens is 250 g/mol. The lowest BCUT2D eigenvalue weighted by molar-refractivity contribution is -0.0518. The van der Waals surface area contributed by atoms with Gasteiger partial charge in [-0.2, -0.15) is 0 Å². The molecule has 1 aliphatic heterocycles. The van der Waals surface area contributed by atoms with Gasteiger partial charge in [-0.05, 0) is 22.0 Å². The van der Waals surface area contributed by atoms with Gasteiger partial charge in [-0.15, -0.1) is 0 Å². The Bertz CT molecular complexity index is 296. The van der Waals surface area contributed by atoms with Crippen molar-refractivity contribution in [3.05, 3.63) is 22.6 Å². The predicted molar refractivity (Wildman–Crippen MR) is 53.6 cm³/mol. The Kier molecular flexibility index (Phi) is 3.22. The topological polar surface area (TPSA) is 57.6 Å². The summed E-state index contributed by atoms with van der Waals surface area (Å²) in [6.45, 7) is 1.30. The van der Waals surface area contributed by atoms with E-state index in [1.807, 2.05) is 6.07 Å². The molecule has 0 bridgehead atoms. The van der Waals surface area contributed by atoms with Crippen molar-refractivity contribution in [3.8, 4) is 0 Å². The molecule has 0 spiro atoms. The average molecular weight is 262 g/mol. The Morgan fingerprint density at radius 1 is 1.50 bits per heavy atom. The van der Waals surface area contributed by atoms with Crippen LogP contribution in [0.1, 0.15) is 18.2 Å². The van der Waals surface area contributed by atoms with E-state index in [1.165, 1.54) is 0 Å². The lowest BCUT2D eigenvalue weighted by atomic mass is 10.1. The fraction of sp³-hybridized carbons (Fsp3) is 0.556. The van der Waals surface area contributed by atoms with Gasteiger partial charge in [0.25, 0.3) is 0 Å². The third kappa shape index (κ3) is 2.17. The van der Waals surface area contributed by atoms with E-state index in [0.29, 0.717) is 19.6 Å². The zero-order valence-corrected chi connectivity index (χ0v) is 9.20. The van der Waals surface area contributed by atoms with Gasteiger partial charge >= 0.3 is 0 Å². The normalized spacial score (nSPS) is 20.1. The zero-order valence-electron chi connectivity index (χ0n) is 7.61. The standard InChI is InChI=1S/C9H12BrNO3/c10-6-1-2-14-9(6)7(11)5-8-12-3-4-13-8/h1-2,7-8H,3-5,11H2. The van der Waals surface area contributed by atoms with Crippen LogP contribution in [0.4, 0.5) is 0 Å². The van der Waals surface area contributed by atoms with Crippen LogP contribution in [0.2, 0.25) is 0 Å². The fourth-order valence-corrected chi connectivity index (χ4v) is 1.92. The van der Waals surface area contributed by atoms with E-state index in [4.69, 9.17) is 19.6 Å². The minimum absolute atomic E-state index is 0.192. The summed E-state index contributed by atoms with van der Waals surface area (Å²) in [7, 11) is 0. The second-order valence-electron chi connectivity index (χ2n) is 3.15. The number of nitrogens with two attached hydrogens (primary N) is 1. The maximum Gasteiger partial charge on any atom is 0.159 e. The molecule has 1 saturated heterocycles. The molecule has 1 unspecified atom stereocenters. The second kappa shape index (κ2) is 4.44. The van der Waals surface area contributed by atoms with Crippen LogP contribution in [0.5, 0.6) is 0 Å². The Morgan fingerprint density at radius 2 is 2.21 bits per heavy atom. The Labute approximate surface area is 90.5 Å². The summed E-state index contributed by atoms with van der Waals surface area (Å²) in [6, 6.07) is 1.63. The van der Waals surface area contributed by atoms with Gasteiger partial charge in [-0.1, -0.05) is 0 Å². The molecule has 1 aromatic heterocycles. The summed E-state index contributed by atoms with van der Waals surface area (Å²) >= 11 is 3.36. The molecule has 1 atom stereocenters. The van der Waals surface area contributed by atoms with Crippen molar-refractivity contribution >= 4 is 15.9 Å². The van der Waals surface area contributed by atoms with E-state index in [2.05, 4.69) is 15.9 Å². The van der Waals surface area contributed by atoms with Crippen molar-refractivity contribution in [3.63, 3.8) is 0 Å². The monoisotopic (exact) mass is 261 g/mol. The average Bonchev–Trinajstić information content (AvgIpc) is 2.75. The number of hydrogen-bond acceptors (Lipinski definition) is 4. The van der Waals surface area contributed by atoms with Crippen LogP contribution in [-0.2, 0) is 9.47 Å². The number of halogens is 1. The highest BCUT2D eigenvalue weighted by Gasteiger charge is 2.22. The molecule has 2 heterocycles. The molecule has 1 aromatic rings. The number of ether oxygens (including phenoxy) is 2. The summed E-state index contributed by atoms with van der Waals surface area (Å²) in [5, 5.41) is 0. The smallest absolute Gasteiger partial charge is 0.159 e. The van der Waals surface area contributed by atoms with Crippen LogP contribution >= 0.6 is 15.9 Å². The molecule has 1 aliphatic rings. The van der Waals surface area contributed by atoms with E-state index in [1.54, 1.807) is 6.26 Å². The van der Waals surface area contributed by atoms with Crippen molar-refractivity contribution in [1.29, 1.82) is 0 Å². The van der Waals surface area contributed by atoms with Crippen molar-refractivity contribution in [2.24, 2.45) is 5.73 Å². The van der Waals surface area contributed by atoms with Crippen LogP contribution in [0, 0.1) is 0 Å². The maximum absolute atomic E-state index is 5.94. The minimum Gasteiger partial charge on any atom is -0.466 e. The highest BCUT2D eigenvalue weighted by molar-refractivity contribution is 9.10. The van der Waals surface area contributed by atoms with Crippen molar-refractivity contribution < 1.29 is 13.9 Å². The molecule has 1 fully saturated rings. The number of furan rings is 1. The van der Waals surface area contributed by atoms with Crippen LogP contribution in [0.25, 0.3) is 0 Å². The molecule has 5 heteroatoms. The third-order valence-corrected chi connectivity index (χ3v) is 2.77. The van der Waals surface area contributed by atoms with E-state index in [-0.39, 0.29) is 12.3 Å². The molecular formula is C9H12BrNO3.